The summed E-state index contributed by atoms with van der Waals surface area (Å²) in [5.74, 6) is 0.163. The number of aromatic amines is 1. The third-order valence-corrected chi connectivity index (χ3v) is 5.89. The normalized spacial score (nSPS) is 20.7. The molecule has 0 radical (unpaired) electrons. The summed E-state index contributed by atoms with van der Waals surface area (Å²) in [7, 11) is 0. The van der Waals surface area contributed by atoms with Crippen molar-refractivity contribution in [3.63, 3.8) is 0 Å². The molecule has 1 aliphatic carbocycles. The average molecular weight is 421 g/mol. The number of hydrogen-bond donors (Lipinski definition) is 1. The zero-order chi connectivity index (χ0) is 21.6. The Kier molecular flexibility index (Phi) is 6.79. The van der Waals surface area contributed by atoms with E-state index >= 15 is 0 Å². The van der Waals surface area contributed by atoms with Crippen LogP contribution >= 0.6 is 0 Å². The van der Waals surface area contributed by atoms with Crippen LogP contribution in [0.3, 0.4) is 0 Å². The van der Waals surface area contributed by atoms with Gasteiger partial charge in [-0.05, 0) is 30.9 Å². The molecule has 0 bridgehead atoms. The third kappa shape index (κ3) is 5.40. The van der Waals surface area contributed by atoms with Crippen LogP contribution in [0.1, 0.15) is 35.6 Å². The van der Waals surface area contributed by atoms with E-state index in [1.54, 1.807) is 17.7 Å². The number of nitrogens with zero attached hydrogens (tertiary/aromatic N) is 1. The van der Waals surface area contributed by atoms with E-state index in [0.717, 1.165) is 17.5 Å². The van der Waals surface area contributed by atoms with Crippen LogP contribution in [0.25, 0.3) is 0 Å². The van der Waals surface area contributed by atoms with Crippen LogP contribution in [0.2, 0.25) is 0 Å². The number of benzene rings is 2. The lowest BCUT2D eigenvalue weighted by atomic mass is 10.1. The number of hydrogen-bond acceptors (Lipinski definition) is 4. The Morgan fingerprint density at radius 3 is 2.26 bits per heavy atom. The molecule has 0 aliphatic heterocycles. The zero-order valence-electron chi connectivity index (χ0n) is 17.7. The SMILES string of the molecule is Cc1cn([C@@H]2C[C@H](COCc3ccccc3)[C@@H](OCc3ccccc3)C2)c(=O)[nH]c1=O. The molecule has 0 amide bonds. The van der Waals surface area contributed by atoms with Crippen LogP contribution in [-0.4, -0.2) is 22.3 Å². The number of H-pyrrole nitrogens is 1. The zero-order valence-corrected chi connectivity index (χ0v) is 17.7. The van der Waals surface area contributed by atoms with E-state index < -0.39 is 0 Å². The van der Waals surface area contributed by atoms with E-state index in [1.165, 1.54) is 0 Å². The third-order valence-electron chi connectivity index (χ3n) is 5.89. The molecular weight excluding hydrogens is 392 g/mol. The number of aromatic nitrogens is 2. The molecule has 162 valence electrons. The highest BCUT2D eigenvalue weighted by Gasteiger charge is 2.36. The van der Waals surface area contributed by atoms with E-state index in [9.17, 15) is 9.59 Å². The smallest absolute Gasteiger partial charge is 0.328 e. The van der Waals surface area contributed by atoms with Gasteiger partial charge in [0.2, 0.25) is 0 Å². The maximum Gasteiger partial charge on any atom is 0.328 e. The highest BCUT2D eigenvalue weighted by molar-refractivity contribution is 5.14. The second kappa shape index (κ2) is 9.90. The lowest BCUT2D eigenvalue weighted by Gasteiger charge is -2.20. The van der Waals surface area contributed by atoms with Crippen LogP contribution in [0.5, 0.6) is 0 Å². The molecule has 6 nitrogen and oxygen atoms in total. The van der Waals surface area contributed by atoms with E-state index in [4.69, 9.17) is 9.47 Å². The van der Waals surface area contributed by atoms with Crippen molar-refractivity contribution in [3.05, 3.63) is 104 Å². The Labute approximate surface area is 181 Å². The fourth-order valence-corrected chi connectivity index (χ4v) is 4.20. The molecule has 1 aromatic heterocycles. The van der Waals surface area contributed by atoms with Crippen molar-refractivity contribution in [2.24, 2.45) is 5.92 Å². The van der Waals surface area contributed by atoms with Crippen molar-refractivity contribution in [2.75, 3.05) is 6.61 Å². The molecule has 31 heavy (non-hydrogen) atoms. The molecule has 1 fully saturated rings. The Hall–Kier alpha value is -2.96. The maximum atomic E-state index is 12.4. The van der Waals surface area contributed by atoms with Crippen LogP contribution < -0.4 is 11.2 Å². The quantitative estimate of drug-likeness (QED) is 0.604. The van der Waals surface area contributed by atoms with Gasteiger partial charge in [0.25, 0.3) is 5.56 Å². The van der Waals surface area contributed by atoms with Crippen molar-refractivity contribution in [3.8, 4) is 0 Å². The first kappa shape index (κ1) is 21.3. The minimum Gasteiger partial charge on any atom is -0.376 e. The lowest BCUT2D eigenvalue weighted by molar-refractivity contribution is -0.0190. The minimum atomic E-state index is -0.367. The minimum absolute atomic E-state index is 0.0277. The first-order valence-corrected chi connectivity index (χ1v) is 10.7. The van der Waals surface area contributed by atoms with Gasteiger partial charge in [-0.3, -0.25) is 14.3 Å². The Morgan fingerprint density at radius 2 is 1.58 bits per heavy atom. The molecule has 1 N–H and O–H groups in total. The van der Waals surface area contributed by atoms with Crippen molar-refractivity contribution in [1.29, 1.82) is 0 Å². The van der Waals surface area contributed by atoms with Crippen molar-refractivity contribution >= 4 is 0 Å². The topological polar surface area (TPSA) is 73.3 Å². The molecule has 0 saturated heterocycles. The summed E-state index contributed by atoms with van der Waals surface area (Å²) in [6.45, 7) is 3.34. The molecular formula is C25H28N2O4. The second-order valence-electron chi connectivity index (χ2n) is 8.20. The van der Waals surface area contributed by atoms with Crippen molar-refractivity contribution in [1.82, 2.24) is 9.55 Å². The van der Waals surface area contributed by atoms with Gasteiger partial charge in [0.15, 0.2) is 0 Å². The van der Waals surface area contributed by atoms with Gasteiger partial charge in [-0.1, -0.05) is 60.7 Å². The van der Waals surface area contributed by atoms with Crippen LogP contribution in [0, 0.1) is 12.8 Å². The largest absolute Gasteiger partial charge is 0.376 e. The molecule has 1 aliphatic rings. The van der Waals surface area contributed by atoms with Crippen LogP contribution in [0.15, 0.2) is 76.4 Å². The maximum absolute atomic E-state index is 12.4. The standard InChI is InChI=1S/C25H28N2O4/c1-18-14-27(25(29)26-24(18)28)22-12-21(17-30-15-19-8-4-2-5-9-19)23(13-22)31-16-20-10-6-3-7-11-20/h2-11,14,21-23H,12-13,15-17H2,1H3,(H,26,28,29)/t21-,22-,23+/m1/s1. The van der Waals surface area contributed by atoms with Gasteiger partial charge in [-0.15, -0.1) is 0 Å². The summed E-state index contributed by atoms with van der Waals surface area (Å²) in [5, 5.41) is 0. The van der Waals surface area contributed by atoms with Gasteiger partial charge in [0, 0.05) is 23.7 Å². The number of rotatable bonds is 8. The van der Waals surface area contributed by atoms with E-state index in [0.29, 0.717) is 31.8 Å². The lowest BCUT2D eigenvalue weighted by Crippen LogP contribution is -2.32. The molecule has 3 aromatic rings. The number of ether oxygens (including phenoxy) is 2. The Bertz CT molecular complexity index is 1090. The predicted octanol–water partition coefficient (Wildman–Crippen LogP) is 3.60. The Morgan fingerprint density at radius 1 is 0.935 bits per heavy atom. The van der Waals surface area contributed by atoms with Gasteiger partial charge >= 0.3 is 5.69 Å². The average Bonchev–Trinajstić information content (AvgIpc) is 3.19. The molecule has 3 atom stereocenters. The molecule has 2 aromatic carbocycles. The Balaban J connectivity index is 1.46. The fourth-order valence-electron chi connectivity index (χ4n) is 4.20. The van der Waals surface area contributed by atoms with Crippen LogP contribution in [-0.2, 0) is 22.7 Å². The van der Waals surface area contributed by atoms with E-state index in [2.05, 4.69) is 4.98 Å². The second-order valence-corrected chi connectivity index (χ2v) is 8.20. The van der Waals surface area contributed by atoms with E-state index in [1.807, 2.05) is 60.7 Å². The first-order valence-electron chi connectivity index (χ1n) is 10.7. The van der Waals surface area contributed by atoms with Gasteiger partial charge in [-0.2, -0.15) is 0 Å². The van der Waals surface area contributed by atoms with Crippen molar-refractivity contribution < 1.29 is 9.47 Å². The number of nitrogens with one attached hydrogen (secondary N) is 1. The molecule has 0 spiro atoms. The summed E-state index contributed by atoms with van der Waals surface area (Å²) in [5.41, 5.74) is 2.08. The van der Waals surface area contributed by atoms with Gasteiger partial charge in [0.1, 0.15) is 0 Å². The van der Waals surface area contributed by atoms with Crippen LogP contribution in [0.4, 0.5) is 0 Å². The predicted molar refractivity (Wildman–Crippen MR) is 119 cm³/mol. The summed E-state index contributed by atoms with van der Waals surface area (Å²) < 4.78 is 13.9. The first-order chi connectivity index (χ1) is 15.1. The molecule has 4 rings (SSSR count). The molecule has 1 heterocycles. The van der Waals surface area contributed by atoms with E-state index in [-0.39, 0.29) is 29.3 Å². The van der Waals surface area contributed by atoms with Gasteiger partial charge in [0.05, 0.1) is 25.9 Å². The summed E-state index contributed by atoms with van der Waals surface area (Å²) in [6.07, 6.45) is 3.10. The highest BCUT2D eigenvalue weighted by atomic mass is 16.5. The highest BCUT2D eigenvalue weighted by Crippen LogP contribution is 2.37. The molecule has 1 saturated carbocycles. The van der Waals surface area contributed by atoms with Crippen molar-refractivity contribution in [2.45, 2.75) is 45.1 Å². The summed E-state index contributed by atoms with van der Waals surface area (Å²) in [4.78, 5) is 26.6. The van der Waals surface area contributed by atoms with Gasteiger partial charge < -0.3 is 9.47 Å². The summed E-state index contributed by atoms with van der Waals surface area (Å²) in [6, 6.07) is 20.1. The summed E-state index contributed by atoms with van der Waals surface area (Å²) >= 11 is 0. The molecule has 0 unspecified atom stereocenters. The number of aryl methyl sites for hydroxylation is 1. The fraction of sp³-hybridized carbons (Fsp3) is 0.360. The van der Waals surface area contributed by atoms with Gasteiger partial charge in [-0.25, -0.2) is 4.79 Å². The molecule has 6 heteroatoms. The monoisotopic (exact) mass is 420 g/mol.